The van der Waals surface area contributed by atoms with Gasteiger partial charge in [0.05, 0.1) is 16.9 Å². The molecule has 1 aromatic heterocycles. The number of benzene rings is 1. The largest absolute Gasteiger partial charge is 0.372 e. The average Bonchev–Trinajstić information content (AvgIpc) is 3.19. The van der Waals surface area contributed by atoms with Crippen LogP contribution in [-0.4, -0.2) is 34.6 Å². The van der Waals surface area contributed by atoms with E-state index in [0.717, 1.165) is 31.4 Å². The third kappa shape index (κ3) is 4.48. The summed E-state index contributed by atoms with van der Waals surface area (Å²) in [5.74, 6) is -0.102. The van der Waals surface area contributed by atoms with Crippen molar-refractivity contribution in [3.63, 3.8) is 0 Å². The zero-order chi connectivity index (χ0) is 20.3. The maximum atomic E-state index is 12.4. The van der Waals surface area contributed by atoms with Crippen LogP contribution in [0.15, 0.2) is 30.7 Å². The van der Waals surface area contributed by atoms with Gasteiger partial charge < -0.3 is 14.8 Å². The number of nitrogens with zero attached hydrogens (tertiary/aromatic N) is 4. The van der Waals surface area contributed by atoms with E-state index in [1.807, 2.05) is 16.7 Å². The van der Waals surface area contributed by atoms with Crippen molar-refractivity contribution in [3.8, 4) is 6.07 Å². The van der Waals surface area contributed by atoms with Gasteiger partial charge in [0.25, 0.3) is 5.91 Å². The molecule has 3 rings (SSSR count). The topological polar surface area (TPSA) is 74.0 Å². The number of amides is 1. The molecule has 148 valence electrons. The fraction of sp³-hybridized carbons (Fsp3) is 0.476. The summed E-state index contributed by atoms with van der Waals surface area (Å²) in [5.41, 5.74) is 1.97. The number of hydrogen-bond donors (Lipinski definition) is 1. The first-order valence-electron chi connectivity index (χ1n) is 9.66. The van der Waals surface area contributed by atoms with Gasteiger partial charge in [-0.15, -0.1) is 0 Å². The monoisotopic (exact) mass is 399 g/mol. The quantitative estimate of drug-likeness (QED) is 0.818. The van der Waals surface area contributed by atoms with E-state index in [4.69, 9.17) is 16.9 Å². The van der Waals surface area contributed by atoms with Crippen LogP contribution in [0.1, 0.15) is 61.6 Å². The molecule has 0 atom stereocenters. The first-order valence-corrected chi connectivity index (χ1v) is 10.0. The van der Waals surface area contributed by atoms with Gasteiger partial charge in [-0.1, -0.05) is 11.6 Å². The third-order valence-electron chi connectivity index (χ3n) is 5.49. The fourth-order valence-electron chi connectivity index (χ4n) is 3.63. The second-order valence-electron chi connectivity index (χ2n) is 7.67. The zero-order valence-electron chi connectivity index (χ0n) is 16.5. The summed E-state index contributed by atoms with van der Waals surface area (Å²) in [6.45, 7) is 4.12. The number of rotatable bonds is 5. The van der Waals surface area contributed by atoms with E-state index in [2.05, 4.69) is 42.2 Å². The molecule has 0 radical (unpaired) electrons. The van der Waals surface area contributed by atoms with Crippen molar-refractivity contribution >= 4 is 23.2 Å². The van der Waals surface area contributed by atoms with E-state index in [0.29, 0.717) is 22.3 Å². The summed E-state index contributed by atoms with van der Waals surface area (Å²) < 4.78 is 1.93. The number of imidazole rings is 1. The highest BCUT2D eigenvalue weighted by Gasteiger charge is 2.26. The number of carbonyl (C=O) groups is 1. The van der Waals surface area contributed by atoms with Crippen molar-refractivity contribution in [2.45, 2.75) is 57.7 Å². The lowest BCUT2D eigenvalue weighted by Crippen LogP contribution is -2.43. The molecule has 2 aromatic rings. The molecule has 1 saturated carbocycles. The van der Waals surface area contributed by atoms with Crippen LogP contribution in [0.25, 0.3) is 0 Å². The highest BCUT2D eigenvalue weighted by Crippen LogP contribution is 2.29. The van der Waals surface area contributed by atoms with Crippen LogP contribution in [0, 0.1) is 11.3 Å². The molecule has 1 fully saturated rings. The molecule has 1 amide bonds. The molecular weight excluding hydrogens is 374 g/mol. The number of nitrogens with one attached hydrogen (secondary N) is 1. The van der Waals surface area contributed by atoms with Gasteiger partial charge in [0.1, 0.15) is 11.8 Å². The predicted octanol–water partition coefficient (Wildman–Crippen LogP) is 4.17. The Labute approximate surface area is 171 Å². The Morgan fingerprint density at radius 3 is 2.64 bits per heavy atom. The van der Waals surface area contributed by atoms with Gasteiger partial charge in [-0.05, 0) is 57.7 Å². The Morgan fingerprint density at radius 1 is 1.36 bits per heavy atom. The second kappa shape index (κ2) is 8.66. The Morgan fingerprint density at radius 2 is 2.07 bits per heavy atom. The Bertz CT molecular complexity index is 877. The number of anilines is 1. The van der Waals surface area contributed by atoms with Crippen molar-refractivity contribution in [1.29, 1.82) is 5.26 Å². The van der Waals surface area contributed by atoms with Gasteiger partial charge in [-0.2, -0.15) is 5.26 Å². The molecular formula is C21H26ClN5O. The number of hydrogen-bond acceptors (Lipinski definition) is 4. The van der Waals surface area contributed by atoms with Gasteiger partial charge in [0.15, 0.2) is 0 Å². The van der Waals surface area contributed by atoms with Crippen LogP contribution in [0.3, 0.4) is 0 Å². The van der Waals surface area contributed by atoms with Gasteiger partial charge in [-0.25, -0.2) is 4.98 Å². The standard InChI is InChI=1S/C21H26ClN5O/c1-14(2)27-12-20(24-13-27)21(28)25-16-5-8-17(9-6-16)26(3)18-7-4-15(11-23)19(22)10-18/h4,7,10,12-14,16-17H,5-6,8-9H2,1-3H3,(H,25,28). The molecule has 1 aromatic carbocycles. The minimum atomic E-state index is -0.102. The van der Waals surface area contributed by atoms with E-state index < -0.39 is 0 Å². The summed E-state index contributed by atoms with van der Waals surface area (Å²) in [6, 6.07) is 8.48. The molecule has 28 heavy (non-hydrogen) atoms. The second-order valence-corrected chi connectivity index (χ2v) is 8.07. The summed E-state index contributed by atoms with van der Waals surface area (Å²) in [7, 11) is 2.06. The van der Waals surface area contributed by atoms with Gasteiger partial charge in [0.2, 0.25) is 0 Å². The van der Waals surface area contributed by atoms with Gasteiger partial charge in [0, 0.05) is 37.1 Å². The lowest BCUT2D eigenvalue weighted by Gasteiger charge is -2.36. The van der Waals surface area contributed by atoms with E-state index in [1.165, 1.54) is 0 Å². The summed E-state index contributed by atoms with van der Waals surface area (Å²) in [5, 5.41) is 12.6. The third-order valence-corrected chi connectivity index (χ3v) is 5.80. The molecule has 0 spiro atoms. The van der Waals surface area contributed by atoms with Crippen LogP contribution >= 0.6 is 11.6 Å². The Kier molecular flexibility index (Phi) is 6.25. The smallest absolute Gasteiger partial charge is 0.271 e. The van der Waals surface area contributed by atoms with E-state index in [-0.39, 0.29) is 18.0 Å². The minimum absolute atomic E-state index is 0.102. The molecule has 0 aliphatic heterocycles. The first kappa shape index (κ1) is 20.2. The number of nitriles is 1. The predicted molar refractivity (Wildman–Crippen MR) is 111 cm³/mol. The maximum Gasteiger partial charge on any atom is 0.271 e. The Hall–Kier alpha value is -2.52. The summed E-state index contributed by atoms with van der Waals surface area (Å²) in [4.78, 5) is 18.9. The van der Waals surface area contributed by atoms with Crippen LogP contribution in [-0.2, 0) is 0 Å². The number of aromatic nitrogens is 2. The normalized spacial score (nSPS) is 19.3. The number of halogens is 1. The molecule has 7 heteroatoms. The van der Waals surface area contributed by atoms with E-state index in [1.54, 1.807) is 18.6 Å². The lowest BCUT2D eigenvalue weighted by molar-refractivity contribution is 0.0921. The molecule has 1 N–H and O–H groups in total. The molecule has 0 bridgehead atoms. The molecule has 0 unspecified atom stereocenters. The maximum absolute atomic E-state index is 12.4. The highest BCUT2D eigenvalue weighted by atomic mass is 35.5. The lowest BCUT2D eigenvalue weighted by atomic mass is 9.90. The number of carbonyl (C=O) groups excluding carboxylic acids is 1. The van der Waals surface area contributed by atoms with Crippen molar-refractivity contribution in [2.24, 2.45) is 0 Å². The van der Waals surface area contributed by atoms with Crippen molar-refractivity contribution in [2.75, 3.05) is 11.9 Å². The van der Waals surface area contributed by atoms with Crippen molar-refractivity contribution in [3.05, 3.63) is 47.0 Å². The Balaban J connectivity index is 1.54. The summed E-state index contributed by atoms with van der Waals surface area (Å²) >= 11 is 6.17. The van der Waals surface area contributed by atoms with Gasteiger partial charge >= 0.3 is 0 Å². The average molecular weight is 400 g/mol. The van der Waals surface area contributed by atoms with Crippen LogP contribution in [0.2, 0.25) is 5.02 Å². The highest BCUT2D eigenvalue weighted by molar-refractivity contribution is 6.32. The zero-order valence-corrected chi connectivity index (χ0v) is 17.3. The van der Waals surface area contributed by atoms with Crippen molar-refractivity contribution < 1.29 is 4.79 Å². The molecule has 6 nitrogen and oxygen atoms in total. The molecule has 1 heterocycles. The van der Waals surface area contributed by atoms with Crippen LogP contribution in [0.4, 0.5) is 5.69 Å². The molecule has 1 aliphatic rings. The van der Waals surface area contributed by atoms with Crippen molar-refractivity contribution in [1.82, 2.24) is 14.9 Å². The van der Waals surface area contributed by atoms with Crippen LogP contribution in [0.5, 0.6) is 0 Å². The van der Waals surface area contributed by atoms with Gasteiger partial charge in [-0.3, -0.25) is 4.79 Å². The summed E-state index contributed by atoms with van der Waals surface area (Å²) in [6.07, 6.45) is 7.33. The molecule has 1 aliphatic carbocycles. The minimum Gasteiger partial charge on any atom is -0.372 e. The molecule has 0 saturated heterocycles. The first-order chi connectivity index (χ1) is 13.4. The van der Waals surface area contributed by atoms with E-state index >= 15 is 0 Å². The van der Waals surface area contributed by atoms with Crippen LogP contribution < -0.4 is 10.2 Å². The van der Waals surface area contributed by atoms with E-state index in [9.17, 15) is 4.79 Å². The SMILES string of the molecule is CC(C)n1cnc(C(=O)NC2CCC(N(C)c3ccc(C#N)c(Cl)c3)CC2)c1. The fourth-order valence-corrected chi connectivity index (χ4v) is 3.85.